The monoisotopic (exact) mass is 329 g/mol. The molecule has 0 bridgehead atoms. The van der Waals surface area contributed by atoms with E-state index in [1.165, 1.54) is 0 Å². The van der Waals surface area contributed by atoms with Crippen molar-refractivity contribution in [1.82, 2.24) is 4.90 Å². The summed E-state index contributed by atoms with van der Waals surface area (Å²) in [6.07, 6.45) is 0. The number of carbonyl (C=O) groups excluding carboxylic acids is 1. The number of methoxy groups -OCH3 is 1. The van der Waals surface area contributed by atoms with E-state index in [1.807, 2.05) is 37.1 Å². The van der Waals surface area contributed by atoms with E-state index in [9.17, 15) is 4.79 Å². The molecule has 126 valence electrons. The third-order valence-electron chi connectivity index (χ3n) is 3.29. The number of ether oxygens (including phenoxy) is 1. The molecule has 0 fully saturated rings. The lowest BCUT2D eigenvalue weighted by Gasteiger charge is -2.28. The van der Waals surface area contributed by atoms with Crippen LogP contribution in [0, 0.1) is 12.3 Å². The number of hydrogen-bond donors (Lipinski definition) is 2. The summed E-state index contributed by atoms with van der Waals surface area (Å²) in [4.78, 5) is 14.1. The van der Waals surface area contributed by atoms with E-state index in [4.69, 9.17) is 10.5 Å². The van der Waals surface area contributed by atoms with Crippen LogP contribution in [0.5, 0.6) is 5.75 Å². The van der Waals surface area contributed by atoms with Gasteiger partial charge in [-0.15, -0.1) is 12.4 Å². The zero-order valence-electron chi connectivity index (χ0n) is 14.1. The van der Waals surface area contributed by atoms with Crippen LogP contribution >= 0.6 is 12.4 Å². The average Bonchev–Trinajstić information content (AvgIpc) is 2.38. The van der Waals surface area contributed by atoms with Gasteiger partial charge in [0.05, 0.1) is 19.3 Å². The Morgan fingerprint density at radius 2 is 2.05 bits per heavy atom. The first-order chi connectivity index (χ1) is 9.77. The number of halogens is 1. The van der Waals surface area contributed by atoms with Gasteiger partial charge < -0.3 is 15.8 Å². The molecule has 1 aromatic carbocycles. The number of rotatable bonds is 7. The summed E-state index contributed by atoms with van der Waals surface area (Å²) in [5, 5.41) is 2.90. The van der Waals surface area contributed by atoms with Crippen molar-refractivity contribution in [3.8, 4) is 5.75 Å². The molecule has 0 aromatic heterocycles. The van der Waals surface area contributed by atoms with Gasteiger partial charge >= 0.3 is 0 Å². The van der Waals surface area contributed by atoms with E-state index in [2.05, 4.69) is 19.2 Å². The highest BCUT2D eigenvalue weighted by Gasteiger charge is 2.19. The summed E-state index contributed by atoms with van der Waals surface area (Å²) in [5.74, 6) is 0.605. The van der Waals surface area contributed by atoms with Crippen LogP contribution in [-0.2, 0) is 4.79 Å². The first kappa shape index (κ1) is 20.7. The SMILES string of the molecule is COc1ccc(C)cc1NC(=O)CN(C)CC(C)(C)CN.Cl. The Labute approximate surface area is 139 Å². The van der Waals surface area contributed by atoms with E-state index in [0.29, 0.717) is 24.5 Å². The molecular weight excluding hydrogens is 302 g/mol. The molecule has 0 atom stereocenters. The molecule has 0 aliphatic rings. The van der Waals surface area contributed by atoms with Crippen LogP contribution in [-0.4, -0.2) is 44.6 Å². The van der Waals surface area contributed by atoms with Gasteiger partial charge in [-0.05, 0) is 43.6 Å². The molecule has 0 unspecified atom stereocenters. The lowest BCUT2D eigenvalue weighted by Crippen LogP contribution is -2.40. The molecule has 0 heterocycles. The van der Waals surface area contributed by atoms with E-state index in [0.717, 1.165) is 12.1 Å². The number of nitrogens with two attached hydrogens (primary N) is 1. The molecule has 0 spiro atoms. The quantitative estimate of drug-likeness (QED) is 0.805. The maximum atomic E-state index is 12.1. The normalized spacial score (nSPS) is 11.0. The standard InChI is InChI=1S/C16H27N3O2.ClH/c1-12-6-7-14(21-5)13(8-12)18-15(20)9-19(4)11-16(2,3)10-17;/h6-8H,9-11,17H2,1-5H3,(H,18,20);1H. The van der Waals surface area contributed by atoms with E-state index >= 15 is 0 Å². The number of nitrogens with zero attached hydrogens (tertiary/aromatic N) is 1. The summed E-state index contributed by atoms with van der Waals surface area (Å²) in [6, 6.07) is 5.71. The van der Waals surface area contributed by atoms with Gasteiger partial charge in [0, 0.05) is 6.54 Å². The van der Waals surface area contributed by atoms with Crippen LogP contribution in [0.4, 0.5) is 5.69 Å². The van der Waals surface area contributed by atoms with Crippen molar-refractivity contribution in [3.05, 3.63) is 23.8 Å². The second-order valence-electron chi connectivity index (χ2n) is 6.29. The summed E-state index contributed by atoms with van der Waals surface area (Å²) >= 11 is 0. The minimum Gasteiger partial charge on any atom is -0.495 e. The zero-order valence-corrected chi connectivity index (χ0v) is 14.9. The Bertz CT molecular complexity index is 492. The molecule has 0 saturated heterocycles. The molecule has 22 heavy (non-hydrogen) atoms. The second kappa shape index (κ2) is 8.98. The summed E-state index contributed by atoms with van der Waals surface area (Å²) in [6.45, 7) is 7.83. The van der Waals surface area contributed by atoms with Gasteiger partial charge in [-0.1, -0.05) is 19.9 Å². The number of nitrogens with one attached hydrogen (secondary N) is 1. The molecule has 1 rings (SSSR count). The Morgan fingerprint density at radius 1 is 1.41 bits per heavy atom. The molecule has 1 amide bonds. The average molecular weight is 330 g/mol. The number of carbonyl (C=O) groups is 1. The maximum absolute atomic E-state index is 12.1. The van der Waals surface area contributed by atoms with Crippen molar-refractivity contribution in [2.75, 3.05) is 39.1 Å². The summed E-state index contributed by atoms with van der Waals surface area (Å²) in [5.41, 5.74) is 7.49. The van der Waals surface area contributed by atoms with Gasteiger partial charge in [-0.3, -0.25) is 9.69 Å². The Balaban J connectivity index is 0.00000441. The molecule has 6 heteroatoms. The number of benzene rings is 1. The van der Waals surface area contributed by atoms with Gasteiger partial charge in [0.25, 0.3) is 0 Å². The van der Waals surface area contributed by atoms with Gasteiger partial charge in [-0.25, -0.2) is 0 Å². The van der Waals surface area contributed by atoms with Crippen LogP contribution in [0.25, 0.3) is 0 Å². The van der Waals surface area contributed by atoms with Crippen molar-refractivity contribution in [1.29, 1.82) is 0 Å². The molecule has 0 radical (unpaired) electrons. The molecule has 0 aliphatic heterocycles. The highest BCUT2D eigenvalue weighted by atomic mass is 35.5. The van der Waals surface area contributed by atoms with E-state index < -0.39 is 0 Å². The molecule has 3 N–H and O–H groups in total. The summed E-state index contributed by atoms with van der Waals surface area (Å²) in [7, 11) is 3.51. The molecule has 0 aliphatic carbocycles. The summed E-state index contributed by atoms with van der Waals surface area (Å²) < 4.78 is 5.26. The largest absolute Gasteiger partial charge is 0.495 e. The number of likely N-dealkylation sites (N-methyl/N-ethyl adjacent to an activating group) is 1. The van der Waals surface area contributed by atoms with Crippen molar-refractivity contribution in [2.24, 2.45) is 11.1 Å². The maximum Gasteiger partial charge on any atom is 0.238 e. The van der Waals surface area contributed by atoms with Gasteiger partial charge in [0.1, 0.15) is 5.75 Å². The minimum absolute atomic E-state index is 0. The minimum atomic E-state index is -0.0609. The fourth-order valence-corrected chi connectivity index (χ4v) is 2.21. The molecule has 0 saturated carbocycles. The second-order valence-corrected chi connectivity index (χ2v) is 6.29. The lowest BCUT2D eigenvalue weighted by molar-refractivity contribution is -0.117. The predicted octanol–water partition coefficient (Wildman–Crippen LogP) is 2.28. The third-order valence-corrected chi connectivity index (χ3v) is 3.29. The van der Waals surface area contributed by atoms with Gasteiger partial charge in [0.2, 0.25) is 5.91 Å². The van der Waals surface area contributed by atoms with E-state index in [1.54, 1.807) is 7.11 Å². The fraction of sp³-hybridized carbons (Fsp3) is 0.562. The fourth-order valence-electron chi connectivity index (χ4n) is 2.21. The Kier molecular flexibility index (Phi) is 8.45. The topological polar surface area (TPSA) is 67.6 Å². The van der Waals surface area contributed by atoms with Crippen molar-refractivity contribution in [3.63, 3.8) is 0 Å². The van der Waals surface area contributed by atoms with Crippen molar-refractivity contribution in [2.45, 2.75) is 20.8 Å². The molecular formula is C16H28ClN3O2. The first-order valence-corrected chi connectivity index (χ1v) is 7.10. The number of amides is 1. The number of anilines is 1. The van der Waals surface area contributed by atoms with E-state index in [-0.39, 0.29) is 23.7 Å². The molecule has 1 aromatic rings. The zero-order chi connectivity index (χ0) is 16.0. The van der Waals surface area contributed by atoms with Crippen LogP contribution in [0.15, 0.2) is 18.2 Å². The Morgan fingerprint density at radius 3 is 2.59 bits per heavy atom. The Hall–Kier alpha value is -1.30. The van der Waals surface area contributed by atoms with Crippen LogP contribution in [0.3, 0.4) is 0 Å². The third kappa shape index (κ3) is 6.64. The van der Waals surface area contributed by atoms with Gasteiger partial charge in [-0.2, -0.15) is 0 Å². The van der Waals surface area contributed by atoms with Gasteiger partial charge in [0.15, 0.2) is 0 Å². The first-order valence-electron chi connectivity index (χ1n) is 7.10. The predicted molar refractivity (Wildman–Crippen MR) is 93.9 cm³/mol. The van der Waals surface area contributed by atoms with Crippen LogP contribution in [0.1, 0.15) is 19.4 Å². The van der Waals surface area contributed by atoms with Crippen molar-refractivity contribution < 1.29 is 9.53 Å². The number of aryl methyl sites for hydroxylation is 1. The lowest BCUT2D eigenvalue weighted by atomic mass is 9.93. The van der Waals surface area contributed by atoms with Crippen molar-refractivity contribution >= 4 is 24.0 Å². The highest BCUT2D eigenvalue weighted by Crippen LogP contribution is 2.25. The van der Waals surface area contributed by atoms with Crippen LogP contribution in [0.2, 0.25) is 0 Å². The molecule has 5 nitrogen and oxygen atoms in total. The highest BCUT2D eigenvalue weighted by molar-refractivity contribution is 5.93. The smallest absolute Gasteiger partial charge is 0.238 e. The van der Waals surface area contributed by atoms with Crippen LogP contribution < -0.4 is 15.8 Å². The number of hydrogen-bond acceptors (Lipinski definition) is 4.